The Labute approximate surface area is 159 Å². The van der Waals surface area contributed by atoms with E-state index in [2.05, 4.69) is 56.9 Å². The summed E-state index contributed by atoms with van der Waals surface area (Å²) in [7, 11) is 0. The van der Waals surface area contributed by atoms with E-state index in [1.807, 2.05) is 17.9 Å². The van der Waals surface area contributed by atoms with Crippen molar-refractivity contribution in [3.05, 3.63) is 35.9 Å². The van der Waals surface area contributed by atoms with Gasteiger partial charge in [0.25, 0.3) is 0 Å². The van der Waals surface area contributed by atoms with Gasteiger partial charge in [0, 0.05) is 31.1 Å². The van der Waals surface area contributed by atoms with E-state index < -0.39 is 0 Å². The number of rotatable bonds is 6. The van der Waals surface area contributed by atoms with E-state index in [9.17, 15) is 4.79 Å². The van der Waals surface area contributed by atoms with E-state index in [1.54, 1.807) is 0 Å². The number of likely N-dealkylation sites (tertiary alicyclic amines) is 1. The molecule has 2 rings (SSSR count). The van der Waals surface area contributed by atoms with Gasteiger partial charge in [-0.25, -0.2) is 0 Å². The predicted molar refractivity (Wildman–Crippen MR) is 107 cm³/mol. The van der Waals surface area contributed by atoms with E-state index in [1.165, 1.54) is 5.56 Å². The van der Waals surface area contributed by atoms with Crippen LogP contribution in [0.5, 0.6) is 0 Å². The normalized spacial score (nSPS) is 22.1. The minimum absolute atomic E-state index is 0. The lowest BCUT2D eigenvalue weighted by Crippen LogP contribution is -2.51. The quantitative estimate of drug-likeness (QED) is 0.840. The number of carbonyl (C=O) groups is 1. The van der Waals surface area contributed by atoms with E-state index in [0.717, 1.165) is 13.1 Å². The molecule has 1 amide bonds. The Hall–Kier alpha value is -1.10. The lowest BCUT2D eigenvalue weighted by atomic mass is 9.89. The van der Waals surface area contributed by atoms with Gasteiger partial charge in [-0.3, -0.25) is 9.69 Å². The highest BCUT2D eigenvalue weighted by Crippen LogP contribution is 2.33. The first-order chi connectivity index (χ1) is 11.4. The van der Waals surface area contributed by atoms with Crippen molar-refractivity contribution in [2.24, 2.45) is 11.7 Å². The lowest BCUT2D eigenvalue weighted by Gasteiger charge is -2.36. The average molecular weight is 368 g/mol. The summed E-state index contributed by atoms with van der Waals surface area (Å²) in [6, 6.07) is 10.9. The van der Waals surface area contributed by atoms with Crippen LogP contribution in [-0.2, 0) is 4.79 Å². The molecule has 1 aromatic rings. The molecular formula is C20H34ClN3O. The second kappa shape index (κ2) is 9.56. The Morgan fingerprint density at radius 2 is 1.68 bits per heavy atom. The summed E-state index contributed by atoms with van der Waals surface area (Å²) < 4.78 is 0. The van der Waals surface area contributed by atoms with E-state index in [4.69, 9.17) is 5.73 Å². The molecule has 25 heavy (non-hydrogen) atoms. The van der Waals surface area contributed by atoms with Crippen molar-refractivity contribution in [3.63, 3.8) is 0 Å². The highest BCUT2D eigenvalue weighted by atomic mass is 35.5. The van der Waals surface area contributed by atoms with Crippen molar-refractivity contribution < 1.29 is 4.79 Å². The van der Waals surface area contributed by atoms with Gasteiger partial charge in [-0.1, -0.05) is 30.3 Å². The van der Waals surface area contributed by atoms with Gasteiger partial charge in [-0.15, -0.1) is 12.4 Å². The maximum atomic E-state index is 13.0. The smallest absolute Gasteiger partial charge is 0.240 e. The summed E-state index contributed by atoms with van der Waals surface area (Å²) in [5.41, 5.74) is 7.37. The molecule has 0 aliphatic carbocycles. The van der Waals surface area contributed by atoms with Crippen LogP contribution < -0.4 is 5.73 Å². The number of hydrogen-bond donors (Lipinski definition) is 1. The summed E-state index contributed by atoms with van der Waals surface area (Å²) in [6.07, 6.45) is 0. The van der Waals surface area contributed by atoms with Gasteiger partial charge >= 0.3 is 0 Å². The Balaban J connectivity index is 0.00000312. The average Bonchev–Trinajstić information content (AvgIpc) is 2.98. The van der Waals surface area contributed by atoms with Gasteiger partial charge in [0.15, 0.2) is 0 Å². The van der Waals surface area contributed by atoms with E-state index >= 15 is 0 Å². The summed E-state index contributed by atoms with van der Waals surface area (Å²) in [6.45, 7) is 12.9. The maximum Gasteiger partial charge on any atom is 0.240 e. The molecule has 1 saturated heterocycles. The zero-order chi connectivity index (χ0) is 17.9. The van der Waals surface area contributed by atoms with E-state index in [0.29, 0.717) is 18.4 Å². The molecular weight excluding hydrogens is 334 g/mol. The van der Waals surface area contributed by atoms with Crippen LogP contribution in [-0.4, -0.2) is 53.5 Å². The number of nitrogens with zero attached hydrogens (tertiary/aromatic N) is 2. The summed E-state index contributed by atoms with van der Waals surface area (Å²) in [5.74, 6) is 1.05. The first-order valence-corrected chi connectivity index (χ1v) is 9.18. The molecule has 0 aromatic heterocycles. The fourth-order valence-corrected chi connectivity index (χ4v) is 4.01. The molecule has 1 unspecified atom stereocenters. The monoisotopic (exact) mass is 367 g/mol. The van der Waals surface area contributed by atoms with Gasteiger partial charge in [0.2, 0.25) is 5.91 Å². The van der Waals surface area contributed by atoms with Crippen LogP contribution in [0.3, 0.4) is 0 Å². The molecule has 5 heteroatoms. The summed E-state index contributed by atoms with van der Waals surface area (Å²) in [5, 5.41) is 0. The number of benzene rings is 1. The van der Waals surface area contributed by atoms with Crippen LogP contribution in [0.2, 0.25) is 0 Å². The Morgan fingerprint density at radius 3 is 2.16 bits per heavy atom. The number of amides is 1. The van der Waals surface area contributed by atoms with Gasteiger partial charge in [0.05, 0.1) is 6.04 Å². The molecule has 0 radical (unpaired) electrons. The number of halogens is 1. The van der Waals surface area contributed by atoms with Crippen LogP contribution in [0.1, 0.15) is 46.1 Å². The van der Waals surface area contributed by atoms with Crippen LogP contribution in [0.4, 0.5) is 0 Å². The van der Waals surface area contributed by atoms with Crippen LogP contribution >= 0.6 is 12.4 Å². The predicted octanol–water partition coefficient (Wildman–Crippen LogP) is 3.12. The van der Waals surface area contributed by atoms with Gasteiger partial charge in [-0.05, 0) is 52.6 Å². The zero-order valence-electron chi connectivity index (χ0n) is 16.2. The fourth-order valence-electron chi connectivity index (χ4n) is 4.01. The first kappa shape index (κ1) is 21.9. The second-order valence-electron chi connectivity index (χ2n) is 7.58. The molecule has 4 nitrogen and oxygen atoms in total. The summed E-state index contributed by atoms with van der Waals surface area (Å²) >= 11 is 0. The van der Waals surface area contributed by atoms with Crippen LogP contribution in [0, 0.1) is 5.92 Å². The molecule has 142 valence electrons. The Kier molecular flexibility index (Phi) is 8.39. The molecule has 1 heterocycles. The van der Waals surface area contributed by atoms with Gasteiger partial charge in [-0.2, -0.15) is 0 Å². The standard InChI is InChI=1S/C20H33N3O.ClH/c1-14(2)23(15(3)4)20(24)16(5)22-12-18(11-21)19(13-22)17-9-7-6-8-10-17;/h6-10,14-16,18-19H,11-13,21H2,1-5H3;1H/t16?,18-,19+;/m1./s1. The number of hydrogen-bond acceptors (Lipinski definition) is 3. The van der Waals surface area contributed by atoms with Crippen molar-refractivity contribution in [3.8, 4) is 0 Å². The third-order valence-corrected chi connectivity index (χ3v) is 5.27. The van der Waals surface area contributed by atoms with E-state index in [-0.39, 0.29) is 36.4 Å². The molecule has 1 aliphatic heterocycles. The highest BCUT2D eigenvalue weighted by molar-refractivity contribution is 5.85. The zero-order valence-corrected chi connectivity index (χ0v) is 17.0. The minimum atomic E-state index is -0.0995. The molecule has 3 atom stereocenters. The SMILES string of the molecule is CC(C(=O)N(C(C)C)C(C)C)N1C[C@@H](CN)[C@H](c2ccccc2)C1.Cl. The molecule has 1 aromatic carbocycles. The lowest BCUT2D eigenvalue weighted by molar-refractivity contribution is -0.139. The minimum Gasteiger partial charge on any atom is -0.336 e. The maximum absolute atomic E-state index is 13.0. The van der Waals surface area contributed by atoms with Crippen molar-refractivity contribution in [1.29, 1.82) is 0 Å². The van der Waals surface area contributed by atoms with Crippen LogP contribution in [0.15, 0.2) is 30.3 Å². The first-order valence-electron chi connectivity index (χ1n) is 9.18. The number of nitrogens with two attached hydrogens (primary N) is 1. The van der Waals surface area contributed by atoms with Crippen molar-refractivity contribution >= 4 is 18.3 Å². The number of carbonyl (C=O) groups excluding carboxylic acids is 1. The topological polar surface area (TPSA) is 49.6 Å². The third kappa shape index (κ3) is 4.96. The Bertz CT molecular complexity index is 527. The molecule has 1 fully saturated rings. The highest BCUT2D eigenvalue weighted by Gasteiger charge is 2.38. The molecule has 0 spiro atoms. The molecule has 0 saturated carbocycles. The van der Waals surface area contributed by atoms with Crippen molar-refractivity contribution in [2.45, 2.75) is 58.7 Å². The molecule has 0 bridgehead atoms. The van der Waals surface area contributed by atoms with Gasteiger partial charge in [0.1, 0.15) is 0 Å². The molecule has 1 aliphatic rings. The third-order valence-electron chi connectivity index (χ3n) is 5.27. The Morgan fingerprint density at radius 1 is 1.12 bits per heavy atom. The summed E-state index contributed by atoms with van der Waals surface area (Å²) in [4.78, 5) is 17.3. The van der Waals surface area contributed by atoms with Crippen molar-refractivity contribution in [1.82, 2.24) is 9.80 Å². The van der Waals surface area contributed by atoms with Crippen LogP contribution in [0.25, 0.3) is 0 Å². The molecule has 2 N–H and O–H groups in total. The van der Waals surface area contributed by atoms with Crippen molar-refractivity contribution in [2.75, 3.05) is 19.6 Å². The fraction of sp³-hybridized carbons (Fsp3) is 0.650. The second-order valence-corrected chi connectivity index (χ2v) is 7.58. The van der Waals surface area contributed by atoms with Gasteiger partial charge < -0.3 is 10.6 Å². The largest absolute Gasteiger partial charge is 0.336 e.